The van der Waals surface area contributed by atoms with Gasteiger partial charge in [-0.2, -0.15) is 5.10 Å². The van der Waals surface area contributed by atoms with Crippen molar-refractivity contribution in [1.29, 1.82) is 0 Å². The van der Waals surface area contributed by atoms with Crippen molar-refractivity contribution in [2.75, 3.05) is 19.6 Å². The fourth-order valence-electron chi connectivity index (χ4n) is 1.99. The molecule has 0 saturated heterocycles. The van der Waals surface area contributed by atoms with Gasteiger partial charge in [0.15, 0.2) is 5.96 Å². The van der Waals surface area contributed by atoms with E-state index in [0.29, 0.717) is 5.92 Å². The number of hydrogen-bond donors (Lipinski definition) is 2. The van der Waals surface area contributed by atoms with E-state index < -0.39 is 0 Å². The van der Waals surface area contributed by atoms with Crippen LogP contribution in [0.25, 0.3) is 0 Å². The summed E-state index contributed by atoms with van der Waals surface area (Å²) in [6, 6.07) is 0. The van der Waals surface area contributed by atoms with Crippen LogP contribution in [0.3, 0.4) is 0 Å². The van der Waals surface area contributed by atoms with Crippen LogP contribution in [0, 0.1) is 12.8 Å². The lowest BCUT2D eigenvalue weighted by Gasteiger charge is -2.14. The maximum Gasteiger partial charge on any atom is 0.191 e. The summed E-state index contributed by atoms with van der Waals surface area (Å²) in [5.74, 6) is 1.59. The third kappa shape index (κ3) is 6.08. The molecule has 1 rings (SSSR count). The van der Waals surface area contributed by atoms with Crippen molar-refractivity contribution in [3.63, 3.8) is 0 Å². The number of nitrogens with one attached hydrogen (secondary N) is 2. The van der Waals surface area contributed by atoms with Gasteiger partial charge >= 0.3 is 0 Å². The predicted octanol–water partition coefficient (Wildman–Crippen LogP) is 2.18. The van der Waals surface area contributed by atoms with Gasteiger partial charge in [0.2, 0.25) is 0 Å². The van der Waals surface area contributed by atoms with Crippen LogP contribution in [0.2, 0.25) is 0 Å². The Morgan fingerprint density at radius 1 is 1.30 bits per heavy atom. The molecule has 2 N–H and O–H groups in total. The van der Waals surface area contributed by atoms with Gasteiger partial charge in [-0.1, -0.05) is 26.7 Å². The number of nitrogens with zero attached hydrogens (tertiary/aromatic N) is 3. The predicted molar refractivity (Wildman–Crippen MR) is 85.0 cm³/mol. The topological polar surface area (TPSA) is 54.2 Å². The van der Waals surface area contributed by atoms with Crippen molar-refractivity contribution >= 4 is 5.96 Å². The van der Waals surface area contributed by atoms with Gasteiger partial charge in [-0.05, 0) is 25.3 Å². The molecular formula is C15H29N5. The number of aryl methyl sites for hydroxylation is 1. The second-order valence-electron chi connectivity index (χ2n) is 5.11. The summed E-state index contributed by atoms with van der Waals surface area (Å²) in [5, 5.41) is 10.9. The monoisotopic (exact) mass is 279 g/mol. The molecule has 0 atom stereocenters. The first-order chi connectivity index (χ1) is 9.69. The fraction of sp³-hybridized carbons (Fsp3) is 0.733. The highest BCUT2D eigenvalue weighted by Crippen LogP contribution is 2.06. The summed E-state index contributed by atoms with van der Waals surface area (Å²) in [6.45, 7) is 12.1. The summed E-state index contributed by atoms with van der Waals surface area (Å²) in [6.07, 6.45) is 6.31. The first-order valence-electron chi connectivity index (χ1n) is 7.70. The number of guanidine groups is 1. The Hall–Kier alpha value is -1.52. The number of aromatic nitrogens is 2. The molecule has 0 aromatic carbocycles. The highest BCUT2D eigenvalue weighted by atomic mass is 15.3. The minimum absolute atomic E-state index is 0.680. The van der Waals surface area contributed by atoms with Crippen molar-refractivity contribution in [2.24, 2.45) is 10.9 Å². The van der Waals surface area contributed by atoms with Gasteiger partial charge in [-0.3, -0.25) is 9.67 Å². The second-order valence-corrected chi connectivity index (χ2v) is 5.11. The van der Waals surface area contributed by atoms with Gasteiger partial charge in [-0.15, -0.1) is 0 Å². The molecule has 0 unspecified atom stereocenters. The molecule has 0 aliphatic carbocycles. The lowest BCUT2D eigenvalue weighted by atomic mass is 10.0. The van der Waals surface area contributed by atoms with Crippen LogP contribution in [0.1, 0.15) is 39.2 Å². The zero-order valence-corrected chi connectivity index (χ0v) is 13.3. The van der Waals surface area contributed by atoms with Crippen LogP contribution in [0.4, 0.5) is 0 Å². The SMILES string of the molecule is CCNC(=NCC(CC)CC)NCCn1cc(C)cn1. The Morgan fingerprint density at radius 3 is 2.60 bits per heavy atom. The van der Waals surface area contributed by atoms with Crippen LogP contribution in [-0.2, 0) is 6.54 Å². The molecule has 0 spiro atoms. The van der Waals surface area contributed by atoms with Crippen LogP contribution >= 0.6 is 0 Å². The number of aliphatic imine (C=N–C) groups is 1. The molecule has 0 bridgehead atoms. The fourth-order valence-corrected chi connectivity index (χ4v) is 1.99. The van der Waals surface area contributed by atoms with E-state index in [1.54, 1.807) is 0 Å². The zero-order chi connectivity index (χ0) is 14.8. The Labute approximate surface area is 122 Å². The minimum atomic E-state index is 0.680. The van der Waals surface area contributed by atoms with Gasteiger partial charge in [0.1, 0.15) is 0 Å². The quantitative estimate of drug-likeness (QED) is 0.566. The molecule has 0 radical (unpaired) electrons. The molecule has 0 saturated carbocycles. The molecule has 0 aliphatic rings. The van der Waals surface area contributed by atoms with Crippen molar-refractivity contribution in [3.05, 3.63) is 18.0 Å². The van der Waals surface area contributed by atoms with E-state index in [1.807, 2.05) is 10.9 Å². The molecule has 0 fully saturated rings. The van der Waals surface area contributed by atoms with Gasteiger partial charge in [0.25, 0.3) is 0 Å². The highest BCUT2D eigenvalue weighted by molar-refractivity contribution is 5.79. The van der Waals surface area contributed by atoms with Crippen LogP contribution in [0.5, 0.6) is 0 Å². The van der Waals surface area contributed by atoms with E-state index in [9.17, 15) is 0 Å². The molecule has 5 nitrogen and oxygen atoms in total. The van der Waals surface area contributed by atoms with Crippen molar-refractivity contribution in [1.82, 2.24) is 20.4 Å². The molecule has 0 aliphatic heterocycles. The minimum Gasteiger partial charge on any atom is -0.357 e. The molecule has 20 heavy (non-hydrogen) atoms. The van der Waals surface area contributed by atoms with Crippen LogP contribution in [0.15, 0.2) is 17.4 Å². The summed E-state index contributed by atoms with van der Waals surface area (Å²) >= 11 is 0. The molecular weight excluding hydrogens is 250 g/mol. The normalized spacial score (nSPS) is 11.9. The summed E-state index contributed by atoms with van der Waals surface area (Å²) in [4.78, 5) is 4.66. The zero-order valence-electron chi connectivity index (χ0n) is 13.3. The summed E-state index contributed by atoms with van der Waals surface area (Å²) in [7, 11) is 0. The van der Waals surface area contributed by atoms with E-state index >= 15 is 0 Å². The van der Waals surface area contributed by atoms with Crippen molar-refractivity contribution in [3.8, 4) is 0 Å². The molecule has 1 aromatic heterocycles. The number of rotatable bonds is 8. The molecule has 114 valence electrons. The van der Waals surface area contributed by atoms with Crippen LogP contribution in [-0.4, -0.2) is 35.4 Å². The Balaban J connectivity index is 2.39. The van der Waals surface area contributed by atoms with Crippen molar-refractivity contribution < 1.29 is 0 Å². The number of hydrogen-bond acceptors (Lipinski definition) is 2. The van der Waals surface area contributed by atoms with Gasteiger partial charge in [-0.25, -0.2) is 0 Å². The highest BCUT2D eigenvalue weighted by Gasteiger charge is 2.03. The molecule has 0 amide bonds. The lowest BCUT2D eigenvalue weighted by Crippen LogP contribution is -2.39. The maximum atomic E-state index is 4.66. The second kappa shape index (κ2) is 9.39. The Morgan fingerprint density at radius 2 is 2.05 bits per heavy atom. The smallest absolute Gasteiger partial charge is 0.191 e. The van der Waals surface area contributed by atoms with Gasteiger partial charge < -0.3 is 10.6 Å². The van der Waals surface area contributed by atoms with E-state index in [0.717, 1.165) is 32.1 Å². The first-order valence-corrected chi connectivity index (χ1v) is 7.70. The van der Waals surface area contributed by atoms with Crippen molar-refractivity contribution in [2.45, 2.75) is 47.1 Å². The summed E-state index contributed by atoms with van der Waals surface area (Å²) in [5.41, 5.74) is 1.19. The van der Waals surface area contributed by atoms with Gasteiger partial charge in [0, 0.05) is 25.8 Å². The summed E-state index contributed by atoms with van der Waals surface area (Å²) < 4.78 is 1.95. The lowest BCUT2D eigenvalue weighted by molar-refractivity contribution is 0.503. The van der Waals surface area contributed by atoms with E-state index in [2.05, 4.69) is 54.6 Å². The first kappa shape index (κ1) is 16.5. The Bertz CT molecular complexity index is 393. The standard InChI is InChI=1S/C15H29N5/c1-5-14(6-2)11-18-15(16-7-3)17-8-9-20-12-13(4)10-19-20/h10,12,14H,5-9,11H2,1-4H3,(H2,16,17,18). The maximum absolute atomic E-state index is 4.66. The Kier molecular flexibility index (Phi) is 7.77. The van der Waals surface area contributed by atoms with E-state index in [-0.39, 0.29) is 0 Å². The van der Waals surface area contributed by atoms with Gasteiger partial charge in [0.05, 0.1) is 12.7 Å². The van der Waals surface area contributed by atoms with Crippen LogP contribution < -0.4 is 10.6 Å². The largest absolute Gasteiger partial charge is 0.357 e. The average Bonchev–Trinajstić information content (AvgIpc) is 2.85. The molecule has 1 aromatic rings. The average molecular weight is 279 g/mol. The molecule has 5 heteroatoms. The molecule has 1 heterocycles. The van der Waals surface area contributed by atoms with E-state index in [1.165, 1.54) is 18.4 Å². The van der Waals surface area contributed by atoms with E-state index in [4.69, 9.17) is 0 Å². The third-order valence-corrected chi connectivity index (χ3v) is 3.40. The third-order valence-electron chi connectivity index (χ3n) is 3.40.